The van der Waals surface area contributed by atoms with Gasteiger partial charge in [-0.3, -0.25) is 5.32 Å². The molecule has 1 aliphatic rings. The highest BCUT2D eigenvalue weighted by Gasteiger charge is 2.19. The second-order valence-corrected chi connectivity index (χ2v) is 2.94. The molecule has 0 spiro atoms. The van der Waals surface area contributed by atoms with Crippen molar-refractivity contribution in [2.24, 2.45) is 5.73 Å². The normalized spacial score (nSPS) is 19.8. The Hall–Kier alpha value is -0.200. The maximum absolute atomic E-state index is 8.53. The molecular weight excluding hydrogens is 160 g/mol. The van der Waals surface area contributed by atoms with Crippen LogP contribution in [0.25, 0.3) is 0 Å². The van der Waals surface area contributed by atoms with Crippen LogP contribution in [0.1, 0.15) is 13.8 Å². The third-order valence-electron chi connectivity index (χ3n) is 1.49. The van der Waals surface area contributed by atoms with Gasteiger partial charge >= 0.3 is 0 Å². The van der Waals surface area contributed by atoms with E-state index in [9.17, 15) is 0 Å². The van der Waals surface area contributed by atoms with Gasteiger partial charge in [0.2, 0.25) is 0 Å². The Balaban J connectivity index is 0.000000211. The number of aliphatic hydroxyl groups is 2. The van der Waals surface area contributed by atoms with Gasteiger partial charge in [-0.1, -0.05) is 0 Å². The van der Waals surface area contributed by atoms with E-state index in [0.717, 1.165) is 19.9 Å². The zero-order valence-corrected chi connectivity index (χ0v) is 7.58. The lowest BCUT2D eigenvalue weighted by atomic mass is 10.2. The van der Waals surface area contributed by atoms with E-state index in [1.165, 1.54) is 13.8 Å². The molecule has 1 heterocycles. The molecule has 12 heavy (non-hydrogen) atoms. The summed E-state index contributed by atoms with van der Waals surface area (Å²) in [5, 5.41) is 20.1. The zero-order valence-electron chi connectivity index (χ0n) is 7.58. The largest absolute Gasteiger partial charge is 0.365 e. The van der Waals surface area contributed by atoms with Gasteiger partial charge in [0.1, 0.15) is 0 Å². The molecule has 1 aliphatic heterocycles. The Bertz CT molecular complexity index is 100. The van der Waals surface area contributed by atoms with Crippen LogP contribution in [0.3, 0.4) is 0 Å². The molecule has 5 nitrogen and oxygen atoms in total. The number of rotatable bonds is 1. The minimum Gasteiger partial charge on any atom is -0.365 e. The summed E-state index contributed by atoms with van der Waals surface area (Å²) in [5.74, 6) is -1.72. The van der Waals surface area contributed by atoms with Crippen LogP contribution in [0.15, 0.2) is 0 Å². The van der Waals surface area contributed by atoms with Crippen molar-refractivity contribution >= 4 is 0 Å². The van der Waals surface area contributed by atoms with E-state index in [2.05, 4.69) is 5.32 Å². The van der Waals surface area contributed by atoms with Gasteiger partial charge in [0.15, 0.2) is 5.79 Å². The monoisotopic (exact) mass is 178 g/mol. The predicted octanol–water partition coefficient (Wildman–Crippen LogP) is -1.40. The van der Waals surface area contributed by atoms with Crippen LogP contribution >= 0.6 is 0 Å². The molecule has 0 radical (unpaired) electrons. The molecule has 74 valence electrons. The van der Waals surface area contributed by atoms with E-state index in [4.69, 9.17) is 20.7 Å². The van der Waals surface area contributed by atoms with E-state index < -0.39 is 11.8 Å². The van der Waals surface area contributed by atoms with Crippen molar-refractivity contribution in [2.75, 3.05) is 19.9 Å². The Morgan fingerprint density at radius 2 is 2.08 bits per heavy atom. The SMILES string of the molecule is C1COCN1.CC(N)C(C)(O)O. The standard InChI is InChI=1S/C4H11NO2.C3H7NO/c1-3(5)4(2,6)7;1-2-5-3-4-1/h3,6-7H,5H2,1-2H3;4H,1-3H2. The zero-order chi connectivity index (χ0) is 9.61. The average molecular weight is 178 g/mol. The molecule has 1 unspecified atom stereocenters. The predicted molar refractivity (Wildman–Crippen MR) is 45.3 cm³/mol. The van der Waals surface area contributed by atoms with Gasteiger partial charge in [-0.25, -0.2) is 0 Å². The van der Waals surface area contributed by atoms with Crippen LogP contribution in [0.5, 0.6) is 0 Å². The number of ether oxygens (including phenoxy) is 1. The lowest BCUT2D eigenvalue weighted by Crippen LogP contribution is -2.42. The lowest BCUT2D eigenvalue weighted by Gasteiger charge is -2.19. The van der Waals surface area contributed by atoms with Crippen LogP contribution in [0.2, 0.25) is 0 Å². The van der Waals surface area contributed by atoms with Crippen LogP contribution in [-0.2, 0) is 4.74 Å². The summed E-state index contributed by atoms with van der Waals surface area (Å²) in [4.78, 5) is 0. The third-order valence-corrected chi connectivity index (χ3v) is 1.49. The van der Waals surface area contributed by atoms with Crippen molar-refractivity contribution in [1.29, 1.82) is 0 Å². The molecule has 1 rings (SSSR count). The summed E-state index contributed by atoms with van der Waals surface area (Å²) in [6.45, 7) is 5.44. The first-order valence-corrected chi connectivity index (χ1v) is 3.93. The van der Waals surface area contributed by atoms with Crippen LogP contribution in [-0.4, -0.2) is 41.9 Å². The Morgan fingerprint density at radius 1 is 1.58 bits per heavy atom. The highest BCUT2D eigenvalue weighted by molar-refractivity contribution is 4.67. The maximum atomic E-state index is 8.53. The molecule has 5 heteroatoms. The number of nitrogens with two attached hydrogens (primary N) is 1. The van der Waals surface area contributed by atoms with Gasteiger partial charge in [-0.2, -0.15) is 0 Å². The molecule has 5 N–H and O–H groups in total. The van der Waals surface area contributed by atoms with Crippen molar-refractivity contribution in [3.8, 4) is 0 Å². The molecule has 1 saturated heterocycles. The molecule has 1 fully saturated rings. The highest BCUT2D eigenvalue weighted by Crippen LogP contribution is 1.99. The van der Waals surface area contributed by atoms with Gasteiger partial charge in [0.05, 0.1) is 19.4 Å². The van der Waals surface area contributed by atoms with E-state index in [1.54, 1.807) is 0 Å². The third kappa shape index (κ3) is 6.51. The Kier molecular flexibility index (Phi) is 5.36. The fourth-order valence-corrected chi connectivity index (χ4v) is 0.361. The lowest BCUT2D eigenvalue weighted by molar-refractivity contribution is -0.157. The van der Waals surface area contributed by atoms with Gasteiger partial charge in [0, 0.05) is 6.54 Å². The Labute approximate surface area is 72.5 Å². The molecule has 0 saturated carbocycles. The average Bonchev–Trinajstić information content (AvgIpc) is 2.39. The summed E-state index contributed by atoms with van der Waals surface area (Å²) in [6.07, 6.45) is 0. The van der Waals surface area contributed by atoms with E-state index >= 15 is 0 Å². The quantitative estimate of drug-likeness (QED) is 0.371. The van der Waals surface area contributed by atoms with Crippen molar-refractivity contribution < 1.29 is 14.9 Å². The van der Waals surface area contributed by atoms with Gasteiger partial charge in [-0.05, 0) is 13.8 Å². The molecule has 0 aromatic carbocycles. The van der Waals surface area contributed by atoms with Crippen LogP contribution in [0.4, 0.5) is 0 Å². The minimum absolute atomic E-state index is 0.590. The van der Waals surface area contributed by atoms with Crippen molar-refractivity contribution in [1.82, 2.24) is 5.32 Å². The van der Waals surface area contributed by atoms with Gasteiger partial charge in [0.25, 0.3) is 0 Å². The van der Waals surface area contributed by atoms with E-state index in [0.29, 0.717) is 0 Å². The van der Waals surface area contributed by atoms with Gasteiger partial charge < -0.3 is 20.7 Å². The summed E-state index contributed by atoms with van der Waals surface area (Å²) < 4.78 is 4.83. The van der Waals surface area contributed by atoms with E-state index in [1.807, 2.05) is 0 Å². The summed E-state index contributed by atoms with van der Waals surface area (Å²) in [7, 11) is 0. The second-order valence-electron chi connectivity index (χ2n) is 2.94. The van der Waals surface area contributed by atoms with Crippen molar-refractivity contribution in [3.63, 3.8) is 0 Å². The first kappa shape index (κ1) is 11.8. The highest BCUT2D eigenvalue weighted by atomic mass is 16.5. The molecule has 0 bridgehead atoms. The second kappa shape index (κ2) is 5.45. The first-order valence-electron chi connectivity index (χ1n) is 3.93. The minimum atomic E-state index is -1.72. The van der Waals surface area contributed by atoms with E-state index in [-0.39, 0.29) is 0 Å². The van der Waals surface area contributed by atoms with Gasteiger partial charge in [-0.15, -0.1) is 0 Å². The number of nitrogens with one attached hydrogen (secondary N) is 1. The molecular formula is C7H18N2O3. The van der Waals surface area contributed by atoms with Crippen molar-refractivity contribution in [3.05, 3.63) is 0 Å². The van der Waals surface area contributed by atoms with Crippen molar-refractivity contribution in [2.45, 2.75) is 25.7 Å². The number of hydrogen-bond acceptors (Lipinski definition) is 5. The fourth-order valence-electron chi connectivity index (χ4n) is 0.361. The summed E-state index contributed by atoms with van der Waals surface area (Å²) in [5.41, 5.74) is 5.07. The summed E-state index contributed by atoms with van der Waals surface area (Å²) in [6, 6.07) is -0.590. The molecule has 0 amide bonds. The molecule has 0 aliphatic carbocycles. The molecule has 0 aromatic heterocycles. The maximum Gasteiger partial charge on any atom is 0.174 e. The number of hydrogen-bond donors (Lipinski definition) is 4. The van der Waals surface area contributed by atoms with Crippen LogP contribution in [0, 0.1) is 0 Å². The van der Waals surface area contributed by atoms with Crippen LogP contribution < -0.4 is 11.1 Å². The molecule has 1 atom stereocenters. The Morgan fingerprint density at radius 3 is 2.17 bits per heavy atom. The topological polar surface area (TPSA) is 87.7 Å². The summed E-state index contributed by atoms with van der Waals surface area (Å²) >= 11 is 0. The first-order chi connectivity index (χ1) is 5.44. The molecule has 0 aromatic rings. The smallest absolute Gasteiger partial charge is 0.174 e. The fraction of sp³-hybridized carbons (Fsp3) is 1.00.